The molecular formula is C30H33N9O6. The van der Waals surface area contributed by atoms with Crippen LogP contribution in [0.4, 0.5) is 22.7 Å². The predicted molar refractivity (Wildman–Crippen MR) is 173 cm³/mol. The van der Waals surface area contributed by atoms with Gasteiger partial charge < -0.3 is 53.8 Å². The number of nitrogens with zero attached hydrogens (tertiary/aromatic N) is 1. The van der Waals surface area contributed by atoms with E-state index < -0.39 is 28.9 Å². The molecule has 15 nitrogen and oxygen atoms in total. The first-order valence-electron chi connectivity index (χ1n) is 13.5. The summed E-state index contributed by atoms with van der Waals surface area (Å²) >= 11 is 0. The molecule has 0 bridgehead atoms. The first kappa shape index (κ1) is 31.9. The van der Waals surface area contributed by atoms with E-state index in [9.17, 15) is 19.7 Å². The molecule has 0 spiro atoms. The number of aromatic amines is 3. The van der Waals surface area contributed by atoms with E-state index >= 15 is 0 Å². The van der Waals surface area contributed by atoms with Crippen molar-refractivity contribution in [3.05, 3.63) is 94.4 Å². The molecule has 15 N–H and O–H groups in total. The van der Waals surface area contributed by atoms with Crippen LogP contribution in [0.5, 0.6) is 0 Å². The lowest BCUT2D eigenvalue weighted by Gasteiger charge is -2.06. The van der Waals surface area contributed by atoms with Crippen molar-refractivity contribution in [1.82, 2.24) is 15.0 Å². The minimum Gasteiger partial charge on any atom is -0.480 e. The molecule has 0 saturated carbocycles. The Kier molecular flexibility index (Phi) is 9.56. The lowest BCUT2D eigenvalue weighted by Crippen LogP contribution is -2.32. The van der Waals surface area contributed by atoms with Crippen LogP contribution in [0.2, 0.25) is 0 Å². The van der Waals surface area contributed by atoms with E-state index in [0.717, 1.165) is 27.7 Å². The Balaban J connectivity index is 0.000000160. The number of carboxylic acids is 2. The molecule has 0 aliphatic heterocycles. The number of aromatic nitrogens is 3. The molecule has 6 rings (SSSR count). The Bertz CT molecular complexity index is 1990. The van der Waals surface area contributed by atoms with E-state index in [0.29, 0.717) is 28.6 Å². The van der Waals surface area contributed by atoms with E-state index in [2.05, 4.69) is 15.0 Å². The third-order valence-electron chi connectivity index (χ3n) is 7.00. The Hall–Kier alpha value is -6.06. The molecule has 0 amide bonds. The third-order valence-corrected chi connectivity index (χ3v) is 7.00. The molecule has 0 fully saturated rings. The molecule has 2 atom stereocenters. The number of H-pyrrole nitrogens is 3. The third kappa shape index (κ3) is 7.48. The van der Waals surface area contributed by atoms with E-state index in [1.54, 1.807) is 18.3 Å². The molecule has 2 unspecified atom stereocenters. The Labute approximate surface area is 255 Å². The lowest BCUT2D eigenvalue weighted by atomic mass is 10.0. The largest absolute Gasteiger partial charge is 0.480 e. The second kappa shape index (κ2) is 13.5. The van der Waals surface area contributed by atoms with E-state index in [-0.39, 0.29) is 17.8 Å². The summed E-state index contributed by atoms with van der Waals surface area (Å²) in [6, 6.07) is 14.3. The van der Waals surface area contributed by atoms with Gasteiger partial charge in [-0.15, -0.1) is 0 Å². The van der Waals surface area contributed by atoms with Gasteiger partial charge in [-0.05, 0) is 65.7 Å². The van der Waals surface area contributed by atoms with Crippen molar-refractivity contribution >= 4 is 67.4 Å². The van der Waals surface area contributed by atoms with Gasteiger partial charge in [0, 0.05) is 64.6 Å². The average Bonchev–Trinajstić information content (AvgIpc) is 3.72. The second-order valence-corrected chi connectivity index (χ2v) is 10.2. The van der Waals surface area contributed by atoms with Gasteiger partial charge >= 0.3 is 17.6 Å². The van der Waals surface area contributed by atoms with Crippen LogP contribution >= 0.6 is 0 Å². The number of rotatable bonds is 7. The summed E-state index contributed by atoms with van der Waals surface area (Å²) in [6.07, 6.45) is 5.47. The monoisotopic (exact) mass is 615 g/mol. The summed E-state index contributed by atoms with van der Waals surface area (Å²) in [5.74, 6) is -2.17. The van der Waals surface area contributed by atoms with Crippen molar-refractivity contribution in [3.8, 4) is 0 Å². The van der Waals surface area contributed by atoms with Crippen LogP contribution in [0.1, 0.15) is 11.1 Å². The van der Waals surface area contributed by atoms with Crippen LogP contribution in [0, 0.1) is 10.1 Å². The van der Waals surface area contributed by atoms with Crippen LogP contribution in [0.15, 0.2) is 73.2 Å². The van der Waals surface area contributed by atoms with Crippen LogP contribution in [0.25, 0.3) is 32.7 Å². The molecule has 3 heterocycles. The highest BCUT2D eigenvalue weighted by Gasteiger charge is 2.23. The number of benzene rings is 3. The smallest absolute Gasteiger partial charge is 0.320 e. The maximum atomic E-state index is 11.1. The molecule has 6 aromatic rings. The maximum absolute atomic E-state index is 11.1. The van der Waals surface area contributed by atoms with E-state index in [1.807, 2.05) is 42.6 Å². The number of aliphatic carboxylic acids is 2. The van der Waals surface area contributed by atoms with Crippen molar-refractivity contribution in [2.24, 2.45) is 11.5 Å². The number of carboxylic acid groups (broad SMARTS) is 2. The zero-order chi connectivity index (χ0) is 32.8. The summed E-state index contributed by atoms with van der Waals surface area (Å²) in [6.45, 7) is 0. The number of nitrogens with one attached hydrogen (secondary N) is 3. The van der Waals surface area contributed by atoms with Gasteiger partial charge in [-0.25, -0.2) is 0 Å². The molecule has 0 aliphatic rings. The van der Waals surface area contributed by atoms with Crippen molar-refractivity contribution in [3.63, 3.8) is 0 Å². The average molecular weight is 616 g/mol. The molecule has 0 radical (unpaired) electrons. The van der Waals surface area contributed by atoms with Crippen molar-refractivity contribution < 1.29 is 24.7 Å². The summed E-state index contributed by atoms with van der Waals surface area (Å²) < 4.78 is 0. The predicted octanol–water partition coefficient (Wildman–Crippen LogP) is 3.07. The molecule has 45 heavy (non-hydrogen) atoms. The molecule has 0 aliphatic carbocycles. The van der Waals surface area contributed by atoms with E-state index in [1.165, 1.54) is 17.6 Å². The lowest BCUT2D eigenvalue weighted by molar-refractivity contribution is -0.382. The number of carbonyl (C=O) groups is 2. The highest BCUT2D eigenvalue weighted by molar-refractivity contribution is 5.97. The fourth-order valence-corrected chi connectivity index (χ4v) is 4.73. The van der Waals surface area contributed by atoms with Gasteiger partial charge in [0.15, 0.2) is 0 Å². The van der Waals surface area contributed by atoms with Crippen LogP contribution < -0.4 is 28.7 Å². The first-order chi connectivity index (χ1) is 21.3. The molecular weight excluding hydrogens is 582 g/mol. The number of nitro groups is 1. The number of fused-ring (bicyclic) bond motifs is 3. The highest BCUT2D eigenvalue weighted by atomic mass is 16.6. The fourth-order valence-electron chi connectivity index (χ4n) is 4.73. The number of nitro benzene ring substituents is 1. The zero-order valence-corrected chi connectivity index (χ0v) is 23.9. The molecule has 3 aromatic heterocycles. The molecule has 234 valence electrons. The van der Waals surface area contributed by atoms with Gasteiger partial charge in [0.05, 0.1) is 15.8 Å². The van der Waals surface area contributed by atoms with Crippen LogP contribution in [-0.2, 0) is 22.4 Å². The standard InChI is InChI=1S/C11H12N4O4.C11H13N3O2.C8H8N2/c12-6-1-2-8-9(10(6)15(18)19)5(4-14-8)3-7(13)11(16)17;12-7-1-2-10-8(4-7)6(5-14-10)3-9(13)11(15)16;9-7-1-2-8-6(5-7)3-4-10-8/h1-2,4,7,14H,3,12-13H2,(H,16,17);1-2,4-5,9,14H,3,12-13H2,(H,15,16);1-5,10H,9H2. The summed E-state index contributed by atoms with van der Waals surface area (Å²) in [5, 5.41) is 31.0. The second-order valence-electron chi connectivity index (χ2n) is 10.2. The Morgan fingerprint density at radius 1 is 0.756 bits per heavy atom. The van der Waals surface area contributed by atoms with Gasteiger partial charge in [0.1, 0.15) is 17.8 Å². The number of hydrogen-bond acceptors (Lipinski definition) is 9. The Morgan fingerprint density at radius 2 is 1.31 bits per heavy atom. The Morgan fingerprint density at radius 3 is 1.96 bits per heavy atom. The van der Waals surface area contributed by atoms with Gasteiger partial charge in [0.25, 0.3) is 0 Å². The number of hydrogen-bond donors (Lipinski definition) is 10. The maximum Gasteiger partial charge on any atom is 0.320 e. The molecule has 15 heteroatoms. The van der Waals surface area contributed by atoms with Crippen LogP contribution in [0.3, 0.4) is 0 Å². The van der Waals surface area contributed by atoms with Gasteiger partial charge in [-0.1, -0.05) is 0 Å². The minimum atomic E-state index is -1.17. The van der Waals surface area contributed by atoms with Gasteiger partial charge in [-0.3, -0.25) is 19.7 Å². The van der Waals surface area contributed by atoms with Gasteiger partial charge in [0.2, 0.25) is 0 Å². The topological polar surface area (TPSA) is 295 Å². The fraction of sp³-hybridized carbons (Fsp3) is 0.133. The highest BCUT2D eigenvalue weighted by Crippen LogP contribution is 2.34. The molecule has 3 aromatic carbocycles. The summed E-state index contributed by atoms with van der Waals surface area (Å²) in [5.41, 5.74) is 33.0. The normalized spacial score (nSPS) is 12.1. The quantitative estimate of drug-likeness (QED) is 0.0706. The van der Waals surface area contributed by atoms with Crippen LogP contribution in [-0.4, -0.2) is 54.1 Å². The zero-order valence-electron chi connectivity index (χ0n) is 23.9. The van der Waals surface area contributed by atoms with Crippen molar-refractivity contribution in [1.29, 1.82) is 0 Å². The SMILES string of the molecule is Nc1ccc2[nH]cc(CC(N)C(=O)O)c2c1.Nc1ccc2[nH]cc(CC(N)C(=O)O)c2c1[N+](=O)[O-].Nc1ccc2[nH]ccc2c1. The number of nitrogen functional groups attached to an aromatic ring is 3. The van der Waals surface area contributed by atoms with Crippen molar-refractivity contribution in [2.75, 3.05) is 17.2 Å². The summed E-state index contributed by atoms with van der Waals surface area (Å²) in [4.78, 5) is 40.9. The first-order valence-corrected chi connectivity index (χ1v) is 13.5. The number of anilines is 3. The molecule has 0 saturated heterocycles. The van der Waals surface area contributed by atoms with E-state index in [4.69, 9.17) is 38.9 Å². The summed E-state index contributed by atoms with van der Waals surface area (Å²) in [7, 11) is 0. The number of nitrogens with two attached hydrogens (primary N) is 5. The van der Waals surface area contributed by atoms with Gasteiger partial charge in [-0.2, -0.15) is 0 Å². The minimum absolute atomic E-state index is 0.0143. The van der Waals surface area contributed by atoms with Crippen molar-refractivity contribution in [2.45, 2.75) is 24.9 Å².